The molecule has 0 aliphatic carbocycles. The number of nitrogens with zero attached hydrogens (tertiary/aromatic N) is 2. The Morgan fingerprint density at radius 1 is 1.15 bits per heavy atom. The van der Waals surface area contributed by atoms with Gasteiger partial charge in [0, 0.05) is 30.6 Å². The van der Waals surface area contributed by atoms with Crippen molar-refractivity contribution in [1.82, 2.24) is 9.88 Å². The van der Waals surface area contributed by atoms with Crippen molar-refractivity contribution >= 4 is 28.4 Å². The van der Waals surface area contributed by atoms with E-state index in [9.17, 15) is 9.59 Å². The SMILES string of the molecule is CC(=O)N(CCc1c[nH]c2ccccc12)CC(=O)Nc1ccccc1C#N. The van der Waals surface area contributed by atoms with E-state index in [4.69, 9.17) is 5.26 Å². The van der Waals surface area contributed by atoms with Gasteiger partial charge in [-0.15, -0.1) is 0 Å². The molecule has 0 aliphatic heterocycles. The van der Waals surface area contributed by atoms with Gasteiger partial charge in [0.25, 0.3) is 0 Å². The maximum absolute atomic E-state index is 12.3. The smallest absolute Gasteiger partial charge is 0.244 e. The zero-order valence-corrected chi connectivity index (χ0v) is 15.0. The highest BCUT2D eigenvalue weighted by Gasteiger charge is 2.15. The normalized spacial score (nSPS) is 10.4. The van der Waals surface area contributed by atoms with Gasteiger partial charge >= 0.3 is 0 Å². The molecule has 0 bridgehead atoms. The summed E-state index contributed by atoms with van der Waals surface area (Å²) in [4.78, 5) is 29.0. The Hall–Kier alpha value is -3.59. The van der Waals surface area contributed by atoms with Gasteiger partial charge in [-0.1, -0.05) is 30.3 Å². The molecule has 3 rings (SSSR count). The number of aromatic nitrogens is 1. The number of anilines is 1. The summed E-state index contributed by atoms with van der Waals surface area (Å²) in [7, 11) is 0. The number of benzene rings is 2. The van der Waals surface area contributed by atoms with Gasteiger partial charge in [-0.3, -0.25) is 9.59 Å². The minimum atomic E-state index is -0.327. The highest BCUT2D eigenvalue weighted by atomic mass is 16.2. The van der Waals surface area contributed by atoms with Crippen molar-refractivity contribution in [2.45, 2.75) is 13.3 Å². The van der Waals surface area contributed by atoms with Crippen LogP contribution in [0.5, 0.6) is 0 Å². The molecule has 1 aromatic heterocycles. The molecule has 0 saturated carbocycles. The first kappa shape index (κ1) is 18.2. The third-order valence-electron chi connectivity index (χ3n) is 4.43. The molecule has 0 saturated heterocycles. The minimum Gasteiger partial charge on any atom is -0.361 e. The van der Waals surface area contributed by atoms with Gasteiger partial charge in [-0.2, -0.15) is 5.26 Å². The van der Waals surface area contributed by atoms with Crippen LogP contribution in [0.2, 0.25) is 0 Å². The van der Waals surface area contributed by atoms with Gasteiger partial charge in [0.15, 0.2) is 0 Å². The lowest BCUT2D eigenvalue weighted by Gasteiger charge is -2.20. The van der Waals surface area contributed by atoms with E-state index < -0.39 is 0 Å². The zero-order valence-electron chi connectivity index (χ0n) is 15.0. The molecular weight excluding hydrogens is 340 g/mol. The van der Waals surface area contributed by atoms with Crippen molar-refractivity contribution in [3.05, 3.63) is 65.9 Å². The average Bonchev–Trinajstić information content (AvgIpc) is 3.08. The number of hydrogen-bond acceptors (Lipinski definition) is 3. The fraction of sp³-hybridized carbons (Fsp3) is 0.190. The number of para-hydroxylation sites is 2. The Balaban J connectivity index is 1.64. The van der Waals surface area contributed by atoms with Crippen LogP contribution in [0.25, 0.3) is 10.9 Å². The van der Waals surface area contributed by atoms with E-state index in [2.05, 4.69) is 10.3 Å². The molecular formula is C21H20N4O2. The van der Waals surface area contributed by atoms with Crippen LogP contribution in [0, 0.1) is 11.3 Å². The molecule has 0 atom stereocenters. The molecule has 3 aromatic rings. The fourth-order valence-corrected chi connectivity index (χ4v) is 2.99. The van der Waals surface area contributed by atoms with Gasteiger partial charge in [0.05, 0.1) is 17.8 Å². The molecule has 0 spiro atoms. The van der Waals surface area contributed by atoms with Crippen molar-refractivity contribution in [2.24, 2.45) is 0 Å². The number of nitriles is 1. The van der Waals surface area contributed by atoms with E-state index in [0.29, 0.717) is 24.2 Å². The number of carbonyl (C=O) groups is 2. The van der Waals surface area contributed by atoms with Crippen LogP contribution >= 0.6 is 0 Å². The topological polar surface area (TPSA) is 89.0 Å². The largest absolute Gasteiger partial charge is 0.361 e. The van der Waals surface area contributed by atoms with Crippen LogP contribution in [-0.2, 0) is 16.0 Å². The van der Waals surface area contributed by atoms with Gasteiger partial charge in [0.1, 0.15) is 6.07 Å². The predicted molar refractivity (Wildman–Crippen MR) is 104 cm³/mol. The molecule has 27 heavy (non-hydrogen) atoms. The summed E-state index contributed by atoms with van der Waals surface area (Å²) in [6, 6.07) is 16.8. The maximum atomic E-state index is 12.3. The van der Waals surface area contributed by atoms with Crippen molar-refractivity contribution in [3.8, 4) is 6.07 Å². The Morgan fingerprint density at radius 3 is 2.67 bits per heavy atom. The van der Waals surface area contributed by atoms with Gasteiger partial charge in [-0.05, 0) is 30.2 Å². The van der Waals surface area contributed by atoms with Crippen molar-refractivity contribution in [2.75, 3.05) is 18.4 Å². The number of H-pyrrole nitrogens is 1. The molecule has 0 aliphatic rings. The second-order valence-corrected chi connectivity index (χ2v) is 6.26. The predicted octanol–water partition coefficient (Wildman–Crippen LogP) is 3.07. The molecule has 6 heteroatoms. The highest BCUT2D eigenvalue weighted by molar-refractivity contribution is 5.95. The Labute approximate surface area is 157 Å². The standard InChI is InChI=1S/C21H20N4O2/c1-15(26)25(11-10-17-13-23-20-9-5-3-7-18(17)20)14-21(27)24-19-8-4-2-6-16(19)12-22/h2-9,13,23H,10-11,14H2,1H3,(H,24,27). The van der Waals surface area contributed by atoms with Crippen LogP contribution in [0.1, 0.15) is 18.1 Å². The third kappa shape index (κ3) is 4.33. The van der Waals surface area contributed by atoms with Crippen LogP contribution in [-0.4, -0.2) is 34.8 Å². The Morgan fingerprint density at radius 2 is 1.89 bits per heavy atom. The second-order valence-electron chi connectivity index (χ2n) is 6.26. The number of carbonyl (C=O) groups excluding carboxylic acids is 2. The summed E-state index contributed by atoms with van der Waals surface area (Å²) in [5.41, 5.74) is 2.99. The number of nitrogens with one attached hydrogen (secondary N) is 2. The van der Waals surface area contributed by atoms with Crippen molar-refractivity contribution < 1.29 is 9.59 Å². The summed E-state index contributed by atoms with van der Waals surface area (Å²) in [6.45, 7) is 1.83. The Bertz CT molecular complexity index is 1020. The lowest BCUT2D eigenvalue weighted by molar-refractivity contribution is -0.132. The number of hydrogen-bond donors (Lipinski definition) is 2. The van der Waals surface area contributed by atoms with E-state index in [-0.39, 0.29) is 18.4 Å². The second kappa shape index (κ2) is 8.19. The van der Waals surface area contributed by atoms with E-state index in [1.54, 1.807) is 24.3 Å². The van der Waals surface area contributed by atoms with E-state index in [1.807, 2.05) is 36.5 Å². The summed E-state index contributed by atoms with van der Waals surface area (Å²) in [5.74, 6) is -0.495. The van der Waals surface area contributed by atoms with E-state index >= 15 is 0 Å². The molecule has 2 N–H and O–H groups in total. The lowest BCUT2D eigenvalue weighted by Crippen LogP contribution is -2.38. The third-order valence-corrected chi connectivity index (χ3v) is 4.43. The highest BCUT2D eigenvalue weighted by Crippen LogP contribution is 2.18. The molecule has 2 aromatic carbocycles. The first-order valence-corrected chi connectivity index (χ1v) is 8.68. The first-order valence-electron chi connectivity index (χ1n) is 8.68. The first-order chi connectivity index (χ1) is 13.1. The van der Waals surface area contributed by atoms with E-state index in [1.165, 1.54) is 11.8 Å². The van der Waals surface area contributed by atoms with Crippen molar-refractivity contribution in [1.29, 1.82) is 5.26 Å². The maximum Gasteiger partial charge on any atom is 0.244 e. The summed E-state index contributed by atoms with van der Waals surface area (Å²) < 4.78 is 0. The van der Waals surface area contributed by atoms with Crippen LogP contribution in [0.15, 0.2) is 54.7 Å². The monoisotopic (exact) mass is 360 g/mol. The quantitative estimate of drug-likeness (QED) is 0.708. The summed E-state index contributed by atoms with van der Waals surface area (Å²) in [6.07, 6.45) is 2.58. The molecule has 2 amide bonds. The van der Waals surface area contributed by atoms with Crippen LogP contribution in [0.3, 0.4) is 0 Å². The molecule has 6 nitrogen and oxygen atoms in total. The number of amides is 2. The zero-order chi connectivity index (χ0) is 19.2. The Kier molecular flexibility index (Phi) is 5.53. The van der Waals surface area contributed by atoms with E-state index in [0.717, 1.165) is 16.5 Å². The summed E-state index contributed by atoms with van der Waals surface area (Å²) >= 11 is 0. The van der Waals surface area contributed by atoms with Gasteiger partial charge in [-0.25, -0.2) is 0 Å². The van der Waals surface area contributed by atoms with Gasteiger partial charge in [0.2, 0.25) is 11.8 Å². The number of fused-ring (bicyclic) bond motifs is 1. The molecule has 1 heterocycles. The molecule has 0 fully saturated rings. The summed E-state index contributed by atoms with van der Waals surface area (Å²) in [5, 5.41) is 12.9. The van der Waals surface area contributed by atoms with Crippen LogP contribution < -0.4 is 5.32 Å². The molecule has 136 valence electrons. The van der Waals surface area contributed by atoms with Crippen molar-refractivity contribution in [3.63, 3.8) is 0 Å². The molecule has 0 radical (unpaired) electrons. The minimum absolute atomic E-state index is 0.0581. The lowest BCUT2D eigenvalue weighted by atomic mass is 10.1. The molecule has 0 unspecified atom stereocenters. The van der Waals surface area contributed by atoms with Gasteiger partial charge < -0.3 is 15.2 Å². The fourth-order valence-electron chi connectivity index (χ4n) is 2.99. The number of rotatable bonds is 6. The number of aromatic amines is 1. The van der Waals surface area contributed by atoms with Crippen LogP contribution in [0.4, 0.5) is 5.69 Å². The average molecular weight is 360 g/mol.